The third kappa shape index (κ3) is 4.85. The van der Waals surface area contributed by atoms with Crippen LogP contribution in [0.4, 0.5) is 18.0 Å². The summed E-state index contributed by atoms with van der Waals surface area (Å²) in [7, 11) is 0. The number of hydrogen-bond donors (Lipinski definition) is 2. The first-order valence-electron chi connectivity index (χ1n) is 7.82. The molecule has 24 heavy (non-hydrogen) atoms. The molecular formula is C16H21F3N2O3. The van der Waals surface area contributed by atoms with Gasteiger partial charge < -0.3 is 20.1 Å². The number of rotatable bonds is 5. The highest BCUT2D eigenvalue weighted by molar-refractivity contribution is 5.74. The second-order valence-electron chi connectivity index (χ2n) is 5.86. The van der Waals surface area contributed by atoms with Gasteiger partial charge in [-0.15, -0.1) is 0 Å². The number of morpholine rings is 1. The summed E-state index contributed by atoms with van der Waals surface area (Å²) >= 11 is 0. The lowest BCUT2D eigenvalue weighted by molar-refractivity contribution is -0.00425. The van der Waals surface area contributed by atoms with E-state index in [9.17, 15) is 23.1 Å². The number of halogens is 3. The molecule has 0 bridgehead atoms. The van der Waals surface area contributed by atoms with Crippen LogP contribution in [0, 0.1) is 17.5 Å². The fraction of sp³-hybridized carbons (Fsp3) is 0.562. The van der Waals surface area contributed by atoms with Crippen LogP contribution in [0.1, 0.15) is 18.9 Å². The van der Waals surface area contributed by atoms with Crippen molar-refractivity contribution in [2.45, 2.75) is 31.9 Å². The van der Waals surface area contributed by atoms with E-state index in [2.05, 4.69) is 5.32 Å². The van der Waals surface area contributed by atoms with Gasteiger partial charge >= 0.3 is 6.03 Å². The highest BCUT2D eigenvalue weighted by Crippen LogP contribution is 2.15. The van der Waals surface area contributed by atoms with Gasteiger partial charge in [-0.05, 0) is 37.5 Å². The fourth-order valence-corrected chi connectivity index (χ4v) is 2.68. The molecule has 1 aromatic carbocycles. The van der Waals surface area contributed by atoms with Crippen LogP contribution in [0.3, 0.4) is 0 Å². The van der Waals surface area contributed by atoms with Gasteiger partial charge in [0.05, 0.1) is 25.4 Å². The number of aliphatic hydroxyl groups excluding tert-OH is 1. The Morgan fingerprint density at radius 1 is 1.42 bits per heavy atom. The van der Waals surface area contributed by atoms with E-state index in [1.807, 2.05) is 0 Å². The molecule has 2 amide bonds. The fourth-order valence-electron chi connectivity index (χ4n) is 2.68. The molecule has 1 heterocycles. The standard InChI is InChI=1S/C16H21F3N2O3/c1-10(22)6-12-9-24-5-4-21(12)16(23)20-3-2-11-7-13(17)15(19)14(18)8-11/h7-8,10,12,22H,2-6,9H2,1H3,(H,20,23)/t10-,12-/m1/s1. The van der Waals surface area contributed by atoms with Crippen molar-refractivity contribution in [3.63, 3.8) is 0 Å². The van der Waals surface area contributed by atoms with E-state index in [1.54, 1.807) is 11.8 Å². The number of benzene rings is 1. The molecule has 0 radical (unpaired) electrons. The molecule has 0 unspecified atom stereocenters. The summed E-state index contributed by atoms with van der Waals surface area (Å²) in [5.41, 5.74) is 0.259. The first-order chi connectivity index (χ1) is 11.4. The Hall–Kier alpha value is -1.80. The third-order valence-corrected chi connectivity index (χ3v) is 3.84. The Kier molecular flexibility index (Phi) is 6.44. The second-order valence-corrected chi connectivity index (χ2v) is 5.86. The van der Waals surface area contributed by atoms with Crippen molar-refractivity contribution >= 4 is 6.03 Å². The van der Waals surface area contributed by atoms with E-state index in [-0.39, 0.29) is 30.6 Å². The molecule has 0 saturated carbocycles. The normalized spacial score (nSPS) is 19.2. The number of aliphatic hydroxyl groups is 1. The molecule has 0 aliphatic carbocycles. The summed E-state index contributed by atoms with van der Waals surface area (Å²) in [4.78, 5) is 13.8. The maximum absolute atomic E-state index is 13.1. The van der Waals surface area contributed by atoms with Gasteiger partial charge in [-0.2, -0.15) is 0 Å². The van der Waals surface area contributed by atoms with Gasteiger partial charge in [-0.1, -0.05) is 0 Å². The number of carbonyl (C=O) groups is 1. The van der Waals surface area contributed by atoms with Crippen LogP contribution in [-0.4, -0.2) is 54.5 Å². The van der Waals surface area contributed by atoms with Gasteiger partial charge in [-0.25, -0.2) is 18.0 Å². The highest BCUT2D eigenvalue weighted by Gasteiger charge is 2.28. The van der Waals surface area contributed by atoms with Crippen molar-refractivity contribution in [1.82, 2.24) is 10.2 Å². The lowest BCUT2D eigenvalue weighted by atomic mass is 10.1. The number of carbonyl (C=O) groups excluding carboxylic acids is 1. The van der Waals surface area contributed by atoms with Crippen molar-refractivity contribution in [2.75, 3.05) is 26.3 Å². The Morgan fingerprint density at radius 3 is 2.71 bits per heavy atom. The Labute approximate surface area is 138 Å². The SMILES string of the molecule is C[C@@H](O)C[C@@H]1COCCN1C(=O)NCCc1cc(F)c(F)c(F)c1. The maximum atomic E-state index is 13.1. The molecular weight excluding hydrogens is 325 g/mol. The zero-order chi connectivity index (χ0) is 17.7. The van der Waals surface area contributed by atoms with Gasteiger partial charge in [0, 0.05) is 13.1 Å². The van der Waals surface area contributed by atoms with E-state index in [4.69, 9.17) is 4.74 Å². The van der Waals surface area contributed by atoms with Crippen LogP contribution >= 0.6 is 0 Å². The van der Waals surface area contributed by atoms with Crippen LogP contribution in [-0.2, 0) is 11.2 Å². The second kappa shape index (κ2) is 8.34. The average Bonchev–Trinajstić information content (AvgIpc) is 2.52. The molecule has 1 aromatic rings. The van der Waals surface area contributed by atoms with Crippen LogP contribution < -0.4 is 5.32 Å². The van der Waals surface area contributed by atoms with E-state index < -0.39 is 23.6 Å². The minimum atomic E-state index is -1.50. The molecule has 2 atom stereocenters. The van der Waals surface area contributed by atoms with Gasteiger partial charge in [0.15, 0.2) is 17.5 Å². The van der Waals surface area contributed by atoms with Gasteiger partial charge in [0.2, 0.25) is 0 Å². The van der Waals surface area contributed by atoms with Gasteiger partial charge in [0.1, 0.15) is 0 Å². The molecule has 0 aromatic heterocycles. The first-order valence-corrected chi connectivity index (χ1v) is 7.82. The summed E-state index contributed by atoms with van der Waals surface area (Å²) < 4.78 is 44.5. The largest absolute Gasteiger partial charge is 0.393 e. The van der Waals surface area contributed by atoms with Crippen LogP contribution in [0.5, 0.6) is 0 Å². The van der Waals surface area contributed by atoms with E-state index in [0.29, 0.717) is 26.2 Å². The number of hydrogen-bond acceptors (Lipinski definition) is 3. The van der Waals surface area contributed by atoms with Crippen molar-refractivity contribution in [3.8, 4) is 0 Å². The molecule has 134 valence electrons. The topological polar surface area (TPSA) is 61.8 Å². The van der Waals surface area contributed by atoms with E-state index in [1.165, 1.54) is 0 Å². The number of urea groups is 1. The highest BCUT2D eigenvalue weighted by atomic mass is 19.2. The van der Waals surface area contributed by atoms with Crippen molar-refractivity contribution < 1.29 is 27.8 Å². The average molecular weight is 346 g/mol. The van der Waals surface area contributed by atoms with Crippen LogP contribution in [0.15, 0.2) is 12.1 Å². The minimum absolute atomic E-state index is 0.155. The summed E-state index contributed by atoms with van der Waals surface area (Å²) in [5, 5.41) is 12.2. The molecule has 1 saturated heterocycles. The first kappa shape index (κ1) is 18.5. The zero-order valence-corrected chi connectivity index (χ0v) is 13.4. The summed E-state index contributed by atoms with van der Waals surface area (Å²) in [5.74, 6) is -4.00. The summed E-state index contributed by atoms with van der Waals surface area (Å²) in [6, 6.07) is 1.27. The number of ether oxygens (including phenoxy) is 1. The predicted octanol–water partition coefficient (Wildman–Crippen LogP) is 1.83. The Morgan fingerprint density at radius 2 is 2.08 bits per heavy atom. The lowest BCUT2D eigenvalue weighted by Gasteiger charge is -2.36. The number of nitrogens with one attached hydrogen (secondary N) is 1. The minimum Gasteiger partial charge on any atom is -0.393 e. The smallest absolute Gasteiger partial charge is 0.317 e. The molecule has 1 fully saturated rings. The van der Waals surface area contributed by atoms with Crippen molar-refractivity contribution in [1.29, 1.82) is 0 Å². The molecule has 1 aliphatic heterocycles. The lowest BCUT2D eigenvalue weighted by Crippen LogP contribution is -2.53. The van der Waals surface area contributed by atoms with Crippen molar-refractivity contribution in [3.05, 3.63) is 35.1 Å². The van der Waals surface area contributed by atoms with Gasteiger partial charge in [0.25, 0.3) is 0 Å². The monoisotopic (exact) mass is 346 g/mol. The molecule has 1 aliphatic rings. The molecule has 5 nitrogen and oxygen atoms in total. The predicted molar refractivity (Wildman–Crippen MR) is 81.0 cm³/mol. The quantitative estimate of drug-likeness (QED) is 0.800. The Bertz CT molecular complexity index is 561. The molecule has 2 N–H and O–H groups in total. The molecule has 8 heteroatoms. The summed E-state index contributed by atoms with van der Waals surface area (Å²) in [6.07, 6.45) is 0.0183. The molecule has 0 spiro atoms. The van der Waals surface area contributed by atoms with Crippen LogP contribution in [0.25, 0.3) is 0 Å². The van der Waals surface area contributed by atoms with E-state index >= 15 is 0 Å². The zero-order valence-electron chi connectivity index (χ0n) is 13.4. The van der Waals surface area contributed by atoms with Gasteiger partial charge in [-0.3, -0.25) is 0 Å². The Balaban J connectivity index is 1.88. The van der Waals surface area contributed by atoms with Crippen molar-refractivity contribution in [2.24, 2.45) is 0 Å². The number of nitrogens with zero attached hydrogens (tertiary/aromatic N) is 1. The summed E-state index contributed by atoms with van der Waals surface area (Å²) in [6.45, 7) is 2.97. The maximum Gasteiger partial charge on any atom is 0.317 e. The third-order valence-electron chi connectivity index (χ3n) is 3.84. The number of amides is 2. The molecule has 2 rings (SSSR count). The van der Waals surface area contributed by atoms with Crippen LogP contribution in [0.2, 0.25) is 0 Å². The van der Waals surface area contributed by atoms with E-state index in [0.717, 1.165) is 12.1 Å².